The fraction of sp³-hybridized carbons (Fsp3) is 0.909. The van der Waals surface area contributed by atoms with Gasteiger partial charge in [-0.25, -0.2) is 5.84 Å². The summed E-state index contributed by atoms with van der Waals surface area (Å²) in [6, 6.07) is 0. The normalized spacial score (nSPS) is 21.6. The molecule has 94 valence electrons. The van der Waals surface area contributed by atoms with Crippen LogP contribution in [0.1, 0.15) is 26.7 Å². The molecule has 1 fully saturated rings. The first-order valence-corrected chi connectivity index (χ1v) is 6.11. The van der Waals surface area contributed by atoms with Gasteiger partial charge in [0.25, 0.3) is 0 Å². The van der Waals surface area contributed by atoms with Crippen LogP contribution >= 0.6 is 0 Å². The Bertz CT molecular complexity index is 220. The van der Waals surface area contributed by atoms with Crippen molar-refractivity contribution in [2.24, 2.45) is 16.8 Å². The van der Waals surface area contributed by atoms with Gasteiger partial charge < -0.3 is 9.64 Å². The highest BCUT2D eigenvalue weighted by Crippen LogP contribution is 2.14. The van der Waals surface area contributed by atoms with E-state index < -0.39 is 0 Å². The summed E-state index contributed by atoms with van der Waals surface area (Å²) >= 11 is 0. The zero-order valence-electron chi connectivity index (χ0n) is 10.4. The zero-order chi connectivity index (χ0) is 11.8. The Labute approximate surface area is 98.0 Å². The van der Waals surface area contributed by atoms with Crippen molar-refractivity contribution < 1.29 is 4.74 Å². The third-order valence-electron chi connectivity index (χ3n) is 2.76. The van der Waals surface area contributed by atoms with Crippen LogP contribution in [0.2, 0.25) is 0 Å². The Morgan fingerprint density at radius 2 is 2.44 bits per heavy atom. The van der Waals surface area contributed by atoms with Gasteiger partial charge >= 0.3 is 0 Å². The fourth-order valence-electron chi connectivity index (χ4n) is 1.86. The number of rotatable bonds is 5. The number of guanidine groups is 1. The van der Waals surface area contributed by atoms with Gasteiger partial charge in [0, 0.05) is 32.8 Å². The monoisotopic (exact) mass is 228 g/mol. The van der Waals surface area contributed by atoms with Crippen molar-refractivity contribution >= 4 is 5.96 Å². The van der Waals surface area contributed by atoms with Crippen molar-refractivity contribution in [2.75, 3.05) is 32.8 Å². The average Bonchev–Trinajstić information content (AvgIpc) is 2.70. The molecule has 5 nitrogen and oxygen atoms in total. The number of nitrogens with one attached hydrogen (secondary N) is 1. The Morgan fingerprint density at radius 3 is 3.00 bits per heavy atom. The van der Waals surface area contributed by atoms with Gasteiger partial charge in [-0.3, -0.25) is 10.4 Å². The van der Waals surface area contributed by atoms with Crippen molar-refractivity contribution in [1.82, 2.24) is 10.3 Å². The number of hydrazine groups is 1. The van der Waals surface area contributed by atoms with E-state index in [0.29, 0.717) is 0 Å². The molecule has 0 aliphatic carbocycles. The highest BCUT2D eigenvalue weighted by atomic mass is 16.5. The van der Waals surface area contributed by atoms with Gasteiger partial charge in [-0.15, -0.1) is 0 Å². The van der Waals surface area contributed by atoms with Crippen LogP contribution in [0.4, 0.5) is 0 Å². The Kier molecular flexibility index (Phi) is 6.18. The molecule has 0 radical (unpaired) electrons. The Hall–Kier alpha value is -0.810. The lowest BCUT2D eigenvalue weighted by molar-refractivity contribution is 0.146. The van der Waals surface area contributed by atoms with Crippen LogP contribution in [-0.4, -0.2) is 43.7 Å². The van der Waals surface area contributed by atoms with Crippen molar-refractivity contribution in [1.29, 1.82) is 0 Å². The van der Waals surface area contributed by atoms with E-state index in [1.807, 2.05) is 6.92 Å². The number of nitrogens with two attached hydrogens (primary N) is 1. The number of hydrogen-bond acceptors (Lipinski definition) is 3. The van der Waals surface area contributed by atoms with Crippen LogP contribution in [0.15, 0.2) is 4.99 Å². The lowest BCUT2D eigenvalue weighted by Gasteiger charge is -2.19. The van der Waals surface area contributed by atoms with Gasteiger partial charge in [-0.2, -0.15) is 0 Å². The van der Waals surface area contributed by atoms with E-state index in [-0.39, 0.29) is 0 Å². The number of likely N-dealkylation sites (tertiary alicyclic amines) is 1. The van der Waals surface area contributed by atoms with E-state index in [2.05, 4.69) is 22.2 Å². The minimum atomic E-state index is 0.738. The summed E-state index contributed by atoms with van der Waals surface area (Å²) in [5.74, 6) is 7.04. The maximum Gasteiger partial charge on any atom is 0.208 e. The molecule has 1 heterocycles. The van der Waals surface area contributed by atoms with Gasteiger partial charge in [0.2, 0.25) is 5.96 Å². The van der Waals surface area contributed by atoms with Crippen LogP contribution in [0.3, 0.4) is 0 Å². The van der Waals surface area contributed by atoms with Gasteiger partial charge in [-0.05, 0) is 25.7 Å². The van der Waals surface area contributed by atoms with Gasteiger partial charge in [0.15, 0.2) is 0 Å². The molecule has 0 aromatic rings. The molecule has 0 amide bonds. The lowest BCUT2D eigenvalue weighted by atomic mass is 10.2. The molecule has 1 saturated heterocycles. The summed E-state index contributed by atoms with van der Waals surface area (Å²) < 4.78 is 5.26. The second-order valence-corrected chi connectivity index (χ2v) is 4.24. The molecule has 1 rings (SSSR count). The van der Waals surface area contributed by atoms with Crippen LogP contribution in [0, 0.1) is 5.92 Å². The minimum absolute atomic E-state index is 0.738. The average molecular weight is 228 g/mol. The van der Waals surface area contributed by atoms with Crippen LogP contribution < -0.4 is 11.3 Å². The van der Waals surface area contributed by atoms with Gasteiger partial charge in [0.1, 0.15) is 0 Å². The molecule has 0 spiro atoms. The molecule has 1 atom stereocenters. The summed E-state index contributed by atoms with van der Waals surface area (Å²) in [4.78, 5) is 6.67. The largest absolute Gasteiger partial charge is 0.382 e. The first-order valence-electron chi connectivity index (χ1n) is 6.11. The summed E-state index contributed by atoms with van der Waals surface area (Å²) in [7, 11) is 0. The van der Waals surface area contributed by atoms with Crippen molar-refractivity contribution in [2.45, 2.75) is 26.7 Å². The number of ether oxygens (including phenoxy) is 1. The molecule has 0 aromatic carbocycles. The van der Waals surface area contributed by atoms with E-state index in [0.717, 1.165) is 51.1 Å². The van der Waals surface area contributed by atoms with Crippen molar-refractivity contribution in [3.05, 3.63) is 0 Å². The maximum atomic E-state index is 5.49. The van der Waals surface area contributed by atoms with Gasteiger partial charge in [-0.1, -0.05) is 6.92 Å². The predicted molar refractivity (Wildman–Crippen MR) is 66.1 cm³/mol. The molecule has 0 saturated carbocycles. The van der Waals surface area contributed by atoms with E-state index in [1.54, 1.807) is 0 Å². The molecule has 1 aliphatic heterocycles. The van der Waals surface area contributed by atoms with E-state index in [4.69, 9.17) is 10.6 Å². The maximum absolute atomic E-state index is 5.49. The molecule has 0 bridgehead atoms. The van der Waals surface area contributed by atoms with E-state index in [9.17, 15) is 0 Å². The summed E-state index contributed by atoms with van der Waals surface area (Å²) in [6.45, 7) is 8.67. The predicted octanol–water partition coefficient (Wildman–Crippen LogP) is 0.574. The van der Waals surface area contributed by atoms with E-state index in [1.165, 1.54) is 6.42 Å². The summed E-state index contributed by atoms with van der Waals surface area (Å²) in [6.07, 6.45) is 2.17. The third kappa shape index (κ3) is 4.37. The molecule has 5 heteroatoms. The molecule has 1 unspecified atom stereocenters. The van der Waals surface area contributed by atoms with Gasteiger partial charge in [0.05, 0.1) is 0 Å². The Balaban J connectivity index is 2.26. The highest BCUT2D eigenvalue weighted by molar-refractivity contribution is 5.79. The second kappa shape index (κ2) is 7.46. The molecular formula is C11H24N4O. The third-order valence-corrected chi connectivity index (χ3v) is 2.76. The van der Waals surface area contributed by atoms with Crippen molar-refractivity contribution in [3.63, 3.8) is 0 Å². The number of aliphatic imine (C=N–C) groups is 1. The summed E-state index contributed by atoms with van der Waals surface area (Å²) in [5.41, 5.74) is 2.69. The topological polar surface area (TPSA) is 62.9 Å². The SMILES string of the molecule is CCOCCCN=C(NN)N1CCC(C)C1. The van der Waals surface area contributed by atoms with Crippen LogP contribution in [-0.2, 0) is 4.74 Å². The Morgan fingerprint density at radius 1 is 1.62 bits per heavy atom. The minimum Gasteiger partial charge on any atom is -0.382 e. The number of nitrogens with zero attached hydrogens (tertiary/aromatic N) is 2. The van der Waals surface area contributed by atoms with Crippen molar-refractivity contribution in [3.8, 4) is 0 Å². The molecule has 16 heavy (non-hydrogen) atoms. The standard InChI is InChI=1S/C11H24N4O/c1-3-16-8-4-6-13-11(14-12)15-7-5-10(2)9-15/h10H,3-9,12H2,1-2H3,(H,13,14). The van der Waals surface area contributed by atoms with Crippen LogP contribution in [0.25, 0.3) is 0 Å². The molecule has 3 N–H and O–H groups in total. The smallest absolute Gasteiger partial charge is 0.208 e. The molecular weight excluding hydrogens is 204 g/mol. The fourth-order valence-corrected chi connectivity index (χ4v) is 1.86. The number of hydrogen-bond donors (Lipinski definition) is 2. The molecule has 0 aromatic heterocycles. The zero-order valence-corrected chi connectivity index (χ0v) is 10.4. The highest BCUT2D eigenvalue weighted by Gasteiger charge is 2.20. The summed E-state index contributed by atoms with van der Waals surface area (Å²) in [5, 5.41) is 0. The first kappa shape index (κ1) is 13.3. The quantitative estimate of drug-likeness (QED) is 0.237. The van der Waals surface area contributed by atoms with E-state index >= 15 is 0 Å². The lowest BCUT2D eigenvalue weighted by Crippen LogP contribution is -2.43. The first-order chi connectivity index (χ1) is 7.77. The molecule has 1 aliphatic rings. The second-order valence-electron chi connectivity index (χ2n) is 4.24. The van der Waals surface area contributed by atoms with Crippen LogP contribution in [0.5, 0.6) is 0 Å².